The predicted octanol–water partition coefficient (Wildman–Crippen LogP) is 10.6. The summed E-state index contributed by atoms with van der Waals surface area (Å²) in [6.07, 6.45) is 25.2. The smallest absolute Gasteiger partial charge is 0.0462 e. The second-order valence-corrected chi connectivity index (χ2v) is 9.79. The van der Waals surface area contributed by atoms with E-state index in [9.17, 15) is 0 Å². The third kappa shape index (κ3) is 5.27. The number of hydrogen-bond donors (Lipinski definition) is 0. The summed E-state index contributed by atoms with van der Waals surface area (Å²) >= 11 is 0. The van der Waals surface area contributed by atoms with Gasteiger partial charge in [0.05, 0.1) is 0 Å². The lowest BCUT2D eigenvalue weighted by Crippen LogP contribution is -2.39. The van der Waals surface area contributed by atoms with Crippen molar-refractivity contribution in [3.8, 4) is 0 Å². The van der Waals surface area contributed by atoms with Crippen LogP contribution in [-0.4, -0.2) is 0 Å². The van der Waals surface area contributed by atoms with Gasteiger partial charge in [0.1, 0.15) is 0 Å². The second kappa shape index (κ2) is 12.6. The standard InChI is InChI=1S/C36H43N/c1-9-16-28(17-10-2)29-21-23-31(24-22-29)37-34(14-6)32(19-12-4)36(33(20-13-5)35(37)15-7)25-27(8)30(26-36)18-11-3/h9-12,14-19,21-24H,1,4,7,13,20,25-26H2,2-3,5-6,8H3/b17-10-,18-11-,28-16+,32-19+,34-14+. The van der Waals surface area contributed by atoms with Gasteiger partial charge in [0.2, 0.25) is 0 Å². The Balaban J connectivity index is 2.28. The van der Waals surface area contributed by atoms with Crippen LogP contribution >= 0.6 is 0 Å². The summed E-state index contributed by atoms with van der Waals surface area (Å²) in [4.78, 5) is 2.40. The van der Waals surface area contributed by atoms with Crippen LogP contribution in [0.2, 0.25) is 0 Å². The van der Waals surface area contributed by atoms with Crippen LogP contribution in [0.5, 0.6) is 0 Å². The lowest BCUT2D eigenvalue weighted by atomic mass is 9.64. The fourth-order valence-electron chi connectivity index (χ4n) is 6.06. The molecular weight excluding hydrogens is 446 g/mol. The lowest BCUT2D eigenvalue weighted by molar-refractivity contribution is 0.424. The van der Waals surface area contributed by atoms with Crippen LogP contribution in [0.3, 0.4) is 0 Å². The summed E-state index contributed by atoms with van der Waals surface area (Å²) in [6, 6.07) is 8.84. The van der Waals surface area contributed by atoms with Crippen molar-refractivity contribution in [2.45, 2.75) is 60.3 Å². The number of hydrogen-bond acceptors (Lipinski definition) is 1. The zero-order valence-corrected chi connectivity index (χ0v) is 23.5. The van der Waals surface area contributed by atoms with Crippen molar-refractivity contribution in [1.82, 2.24) is 0 Å². The zero-order valence-electron chi connectivity index (χ0n) is 23.5. The molecule has 1 spiro atoms. The molecule has 1 heteroatoms. The van der Waals surface area contributed by atoms with Gasteiger partial charge in [0.15, 0.2) is 0 Å². The Hall–Kier alpha value is -3.58. The summed E-state index contributed by atoms with van der Waals surface area (Å²) in [5.41, 5.74) is 11.6. The van der Waals surface area contributed by atoms with Crippen molar-refractivity contribution in [2.24, 2.45) is 5.41 Å². The van der Waals surface area contributed by atoms with Gasteiger partial charge in [-0.25, -0.2) is 0 Å². The van der Waals surface area contributed by atoms with Gasteiger partial charge in [0.25, 0.3) is 0 Å². The molecule has 0 bridgehead atoms. The maximum absolute atomic E-state index is 4.33. The molecule has 0 fully saturated rings. The average Bonchev–Trinajstić information content (AvgIpc) is 3.23. The Bertz CT molecular complexity index is 1250. The highest BCUT2D eigenvalue weighted by Crippen LogP contribution is 2.60. The van der Waals surface area contributed by atoms with Crippen molar-refractivity contribution < 1.29 is 0 Å². The van der Waals surface area contributed by atoms with Crippen LogP contribution in [0, 0.1) is 5.41 Å². The maximum Gasteiger partial charge on any atom is 0.0462 e. The van der Waals surface area contributed by atoms with Gasteiger partial charge in [-0.3, -0.25) is 0 Å². The largest absolute Gasteiger partial charge is 0.311 e. The predicted molar refractivity (Wildman–Crippen MR) is 165 cm³/mol. The van der Waals surface area contributed by atoms with E-state index in [1.807, 2.05) is 25.2 Å². The first kappa shape index (κ1) is 28.0. The highest BCUT2D eigenvalue weighted by Gasteiger charge is 2.48. The van der Waals surface area contributed by atoms with E-state index in [4.69, 9.17) is 0 Å². The van der Waals surface area contributed by atoms with Gasteiger partial charge in [0, 0.05) is 22.5 Å². The topological polar surface area (TPSA) is 3.24 Å². The van der Waals surface area contributed by atoms with Crippen LogP contribution in [-0.2, 0) is 0 Å². The van der Waals surface area contributed by atoms with Crippen molar-refractivity contribution in [3.63, 3.8) is 0 Å². The molecule has 0 saturated carbocycles. The lowest BCUT2D eigenvalue weighted by Gasteiger charge is -2.47. The number of benzene rings is 1. The van der Waals surface area contributed by atoms with Crippen LogP contribution in [0.25, 0.3) is 5.57 Å². The Morgan fingerprint density at radius 3 is 2.27 bits per heavy atom. The summed E-state index contributed by atoms with van der Waals surface area (Å²) in [7, 11) is 0. The molecule has 1 atom stereocenters. The SMILES string of the molecule is C=C/C=C1\C(=C/C)N(c2ccc(C(/C=C\C)=C/C=C)cc2)C(C=C)=C(CCC)C12CC(C)=C(/C=C\C)C2. The van der Waals surface area contributed by atoms with E-state index in [-0.39, 0.29) is 5.41 Å². The fraction of sp³-hybridized carbons (Fsp3) is 0.278. The van der Waals surface area contributed by atoms with Crippen LogP contribution in [0.15, 0.2) is 138 Å². The molecular formula is C36H43N. The van der Waals surface area contributed by atoms with Gasteiger partial charge in [-0.15, -0.1) is 0 Å². The monoisotopic (exact) mass is 489 g/mol. The molecule has 1 heterocycles. The second-order valence-electron chi connectivity index (χ2n) is 9.79. The molecule has 2 aliphatic rings. The molecule has 0 amide bonds. The first-order chi connectivity index (χ1) is 18.0. The molecule has 37 heavy (non-hydrogen) atoms. The summed E-state index contributed by atoms with van der Waals surface area (Å²) in [6.45, 7) is 23.2. The summed E-state index contributed by atoms with van der Waals surface area (Å²) in [5.74, 6) is 0. The van der Waals surface area contributed by atoms with Crippen molar-refractivity contribution >= 4 is 11.3 Å². The van der Waals surface area contributed by atoms with Crippen molar-refractivity contribution in [2.75, 3.05) is 4.90 Å². The molecule has 1 aliphatic carbocycles. The summed E-state index contributed by atoms with van der Waals surface area (Å²) < 4.78 is 0. The molecule has 0 aromatic heterocycles. The maximum atomic E-state index is 4.33. The first-order valence-corrected chi connectivity index (χ1v) is 13.5. The van der Waals surface area contributed by atoms with E-state index in [1.54, 1.807) is 0 Å². The Morgan fingerprint density at radius 1 is 1.00 bits per heavy atom. The number of nitrogens with zero attached hydrogens (tertiary/aromatic N) is 1. The van der Waals surface area contributed by atoms with Crippen LogP contribution < -0.4 is 4.90 Å². The van der Waals surface area contributed by atoms with Crippen molar-refractivity contribution in [1.29, 1.82) is 0 Å². The number of rotatable bonds is 9. The van der Waals surface area contributed by atoms with E-state index in [0.29, 0.717) is 0 Å². The van der Waals surface area contributed by atoms with E-state index in [2.05, 4.69) is 119 Å². The molecule has 3 rings (SSSR count). The van der Waals surface area contributed by atoms with Gasteiger partial charge in [-0.1, -0.05) is 105 Å². The Morgan fingerprint density at radius 2 is 1.73 bits per heavy atom. The highest BCUT2D eigenvalue weighted by atomic mass is 15.2. The molecule has 1 unspecified atom stereocenters. The Labute approximate surface area is 225 Å². The molecule has 0 radical (unpaired) electrons. The average molecular weight is 490 g/mol. The molecule has 192 valence electrons. The van der Waals surface area contributed by atoms with E-state index >= 15 is 0 Å². The Kier molecular flexibility index (Phi) is 9.53. The minimum atomic E-state index is -0.0727. The van der Waals surface area contributed by atoms with E-state index in [0.717, 1.165) is 36.9 Å². The number of allylic oxidation sites excluding steroid dienone is 15. The highest BCUT2D eigenvalue weighted by molar-refractivity contribution is 5.78. The summed E-state index contributed by atoms with van der Waals surface area (Å²) in [5, 5.41) is 0. The van der Waals surface area contributed by atoms with Crippen molar-refractivity contribution in [3.05, 3.63) is 144 Å². The fourth-order valence-corrected chi connectivity index (χ4v) is 6.06. The third-order valence-electron chi connectivity index (χ3n) is 7.49. The van der Waals surface area contributed by atoms with Gasteiger partial charge in [-0.05, 0) is 93.0 Å². The minimum absolute atomic E-state index is 0.0727. The van der Waals surface area contributed by atoms with Gasteiger partial charge in [-0.2, -0.15) is 0 Å². The quantitative estimate of drug-likeness (QED) is 0.312. The van der Waals surface area contributed by atoms with E-state index < -0.39 is 0 Å². The molecule has 1 aromatic rings. The molecule has 1 aliphatic heterocycles. The van der Waals surface area contributed by atoms with E-state index in [1.165, 1.54) is 39.2 Å². The first-order valence-electron chi connectivity index (χ1n) is 13.5. The minimum Gasteiger partial charge on any atom is -0.311 e. The zero-order chi connectivity index (χ0) is 27.0. The number of anilines is 1. The van der Waals surface area contributed by atoms with Gasteiger partial charge >= 0.3 is 0 Å². The molecule has 1 nitrogen and oxygen atoms in total. The van der Waals surface area contributed by atoms with Crippen LogP contribution in [0.1, 0.15) is 65.9 Å². The molecule has 1 aromatic carbocycles. The van der Waals surface area contributed by atoms with Crippen LogP contribution in [0.4, 0.5) is 5.69 Å². The molecule has 0 N–H and O–H groups in total. The third-order valence-corrected chi connectivity index (χ3v) is 7.49. The van der Waals surface area contributed by atoms with Gasteiger partial charge < -0.3 is 4.90 Å². The normalized spacial score (nSPS) is 22.9. The molecule has 0 saturated heterocycles.